The first-order chi connectivity index (χ1) is 9.59. The fourth-order valence-electron chi connectivity index (χ4n) is 3.71. The SMILES string of the molecule is CC1(C)CCCCC1C(O)c1cccc2ncccc12. The summed E-state index contributed by atoms with van der Waals surface area (Å²) in [6.45, 7) is 4.59. The number of aliphatic hydroxyl groups excluding tert-OH is 1. The number of nitrogens with zero attached hydrogens (tertiary/aromatic N) is 1. The lowest BCUT2D eigenvalue weighted by Crippen LogP contribution is -2.32. The van der Waals surface area contributed by atoms with Crippen LogP contribution in [-0.4, -0.2) is 10.1 Å². The van der Waals surface area contributed by atoms with Gasteiger partial charge < -0.3 is 5.11 Å². The van der Waals surface area contributed by atoms with Crippen molar-refractivity contribution in [2.24, 2.45) is 11.3 Å². The minimum Gasteiger partial charge on any atom is -0.388 e. The van der Waals surface area contributed by atoms with E-state index >= 15 is 0 Å². The van der Waals surface area contributed by atoms with Gasteiger partial charge in [0.2, 0.25) is 0 Å². The van der Waals surface area contributed by atoms with E-state index in [0.717, 1.165) is 22.9 Å². The third-order valence-electron chi connectivity index (χ3n) is 4.97. The summed E-state index contributed by atoms with van der Waals surface area (Å²) >= 11 is 0. The van der Waals surface area contributed by atoms with E-state index in [1.54, 1.807) is 0 Å². The molecule has 1 aliphatic rings. The minimum absolute atomic E-state index is 0.210. The second-order valence-corrected chi connectivity index (χ2v) is 6.70. The van der Waals surface area contributed by atoms with Crippen LogP contribution in [0.15, 0.2) is 36.5 Å². The Bertz CT molecular complexity index is 600. The molecule has 0 amide bonds. The summed E-state index contributed by atoms with van der Waals surface area (Å²) in [4.78, 5) is 4.39. The van der Waals surface area contributed by atoms with Crippen LogP contribution in [0.2, 0.25) is 0 Å². The molecular formula is C18H23NO. The number of pyridine rings is 1. The molecule has 2 nitrogen and oxygen atoms in total. The summed E-state index contributed by atoms with van der Waals surface area (Å²) in [7, 11) is 0. The number of aromatic nitrogens is 1. The molecule has 0 spiro atoms. The standard InChI is InChI=1S/C18H23NO/c1-18(2)11-4-3-9-15(18)17(20)14-7-5-10-16-13(14)8-6-12-19-16/h5-8,10,12,15,17,20H,3-4,9,11H2,1-2H3. The highest BCUT2D eigenvalue weighted by molar-refractivity contribution is 5.82. The predicted octanol–water partition coefficient (Wildman–Crippen LogP) is 4.48. The Hall–Kier alpha value is -1.41. The molecule has 2 heteroatoms. The smallest absolute Gasteiger partial charge is 0.0829 e. The van der Waals surface area contributed by atoms with Crippen molar-refractivity contribution < 1.29 is 5.11 Å². The van der Waals surface area contributed by atoms with Gasteiger partial charge in [0.1, 0.15) is 0 Å². The van der Waals surface area contributed by atoms with Crippen LogP contribution in [0.25, 0.3) is 10.9 Å². The van der Waals surface area contributed by atoms with Gasteiger partial charge in [0.15, 0.2) is 0 Å². The fraction of sp³-hybridized carbons (Fsp3) is 0.500. The lowest BCUT2D eigenvalue weighted by molar-refractivity contribution is 0.00467. The maximum Gasteiger partial charge on any atom is 0.0829 e. The van der Waals surface area contributed by atoms with Crippen molar-refractivity contribution in [2.75, 3.05) is 0 Å². The summed E-state index contributed by atoms with van der Waals surface area (Å²) in [6, 6.07) is 10.1. The lowest BCUT2D eigenvalue weighted by Gasteiger charge is -2.41. The molecule has 1 saturated carbocycles. The van der Waals surface area contributed by atoms with Crippen LogP contribution in [-0.2, 0) is 0 Å². The molecule has 2 atom stereocenters. The first kappa shape index (κ1) is 13.6. The van der Waals surface area contributed by atoms with Gasteiger partial charge in [-0.15, -0.1) is 0 Å². The molecule has 1 N–H and O–H groups in total. The monoisotopic (exact) mass is 269 g/mol. The van der Waals surface area contributed by atoms with E-state index in [1.165, 1.54) is 19.3 Å². The van der Waals surface area contributed by atoms with Crippen LogP contribution >= 0.6 is 0 Å². The summed E-state index contributed by atoms with van der Waals surface area (Å²) in [5.74, 6) is 0.335. The Balaban J connectivity index is 2.02. The Labute approximate surface area is 120 Å². The molecule has 1 heterocycles. The average molecular weight is 269 g/mol. The number of benzene rings is 1. The van der Waals surface area contributed by atoms with Gasteiger partial charge in [-0.2, -0.15) is 0 Å². The summed E-state index contributed by atoms with van der Waals surface area (Å²) in [5.41, 5.74) is 2.22. The average Bonchev–Trinajstić information content (AvgIpc) is 2.45. The minimum atomic E-state index is -0.391. The first-order valence-corrected chi connectivity index (χ1v) is 7.61. The van der Waals surface area contributed by atoms with E-state index in [1.807, 2.05) is 24.4 Å². The van der Waals surface area contributed by atoms with E-state index in [-0.39, 0.29) is 5.41 Å². The van der Waals surface area contributed by atoms with E-state index < -0.39 is 6.10 Å². The second kappa shape index (κ2) is 5.17. The van der Waals surface area contributed by atoms with Crippen molar-refractivity contribution in [1.29, 1.82) is 0 Å². The molecule has 0 saturated heterocycles. The molecule has 1 fully saturated rings. The van der Waals surface area contributed by atoms with Gasteiger partial charge in [0.05, 0.1) is 11.6 Å². The molecule has 3 rings (SSSR count). The summed E-state index contributed by atoms with van der Waals surface area (Å²) in [5, 5.41) is 12.0. The summed E-state index contributed by atoms with van der Waals surface area (Å²) < 4.78 is 0. The van der Waals surface area contributed by atoms with Crippen LogP contribution in [0, 0.1) is 11.3 Å². The Morgan fingerprint density at radius 2 is 2.05 bits per heavy atom. The van der Waals surface area contributed by atoms with Crippen molar-refractivity contribution in [3.63, 3.8) is 0 Å². The molecular weight excluding hydrogens is 246 g/mol. The molecule has 1 aromatic heterocycles. The first-order valence-electron chi connectivity index (χ1n) is 7.61. The molecule has 0 bridgehead atoms. The zero-order chi connectivity index (χ0) is 14.2. The van der Waals surface area contributed by atoms with Crippen molar-refractivity contribution in [2.45, 2.75) is 45.6 Å². The lowest BCUT2D eigenvalue weighted by atomic mass is 9.65. The number of fused-ring (bicyclic) bond motifs is 1. The zero-order valence-corrected chi connectivity index (χ0v) is 12.3. The number of rotatable bonds is 2. The van der Waals surface area contributed by atoms with Crippen molar-refractivity contribution in [3.05, 3.63) is 42.1 Å². The maximum atomic E-state index is 11.0. The molecule has 2 unspecified atom stereocenters. The molecule has 0 radical (unpaired) electrons. The van der Waals surface area contributed by atoms with Gasteiger partial charge in [-0.1, -0.05) is 44.9 Å². The maximum absolute atomic E-state index is 11.0. The zero-order valence-electron chi connectivity index (χ0n) is 12.3. The third kappa shape index (κ3) is 2.33. The van der Waals surface area contributed by atoms with E-state index in [0.29, 0.717) is 5.92 Å². The third-order valence-corrected chi connectivity index (χ3v) is 4.97. The molecule has 1 aliphatic carbocycles. The van der Waals surface area contributed by atoms with E-state index in [2.05, 4.69) is 31.0 Å². The van der Waals surface area contributed by atoms with Gasteiger partial charge in [-0.3, -0.25) is 4.98 Å². The van der Waals surface area contributed by atoms with E-state index in [9.17, 15) is 5.11 Å². The summed E-state index contributed by atoms with van der Waals surface area (Å²) in [6.07, 6.45) is 6.26. The Morgan fingerprint density at radius 3 is 2.85 bits per heavy atom. The van der Waals surface area contributed by atoms with Crippen molar-refractivity contribution in [1.82, 2.24) is 4.98 Å². The normalized spacial score (nSPS) is 23.6. The van der Waals surface area contributed by atoms with Gasteiger partial charge in [-0.25, -0.2) is 0 Å². The van der Waals surface area contributed by atoms with Crippen LogP contribution in [0.1, 0.15) is 51.2 Å². The van der Waals surface area contributed by atoms with Crippen molar-refractivity contribution in [3.8, 4) is 0 Å². The second-order valence-electron chi connectivity index (χ2n) is 6.70. The molecule has 0 aliphatic heterocycles. The number of hydrogen-bond donors (Lipinski definition) is 1. The topological polar surface area (TPSA) is 33.1 Å². The van der Waals surface area contributed by atoms with Crippen LogP contribution in [0.4, 0.5) is 0 Å². The van der Waals surface area contributed by atoms with Gasteiger partial charge in [0.25, 0.3) is 0 Å². The van der Waals surface area contributed by atoms with Gasteiger partial charge >= 0.3 is 0 Å². The quantitative estimate of drug-likeness (QED) is 0.871. The number of hydrogen-bond acceptors (Lipinski definition) is 2. The largest absolute Gasteiger partial charge is 0.388 e. The molecule has 2 aromatic rings. The molecule has 20 heavy (non-hydrogen) atoms. The molecule has 1 aromatic carbocycles. The van der Waals surface area contributed by atoms with Crippen molar-refractivity contribution >= 4 is 10.9 Å². The highest BCUT2D eigenvalue weighted by atomic mass is 16.3. The van der Waals surface area contributed by atoms with Gasteiger partial charge in [-0.05, 0) is 41.9 Å². The number of aliphatic hydroxyl groups is 1. The van der Waals surface area contributed by atoms with Crippen LogP contribution in [0.5, 0.6) is 0 Å². The fourth-order valence-corrected chi connectivity index (χ4v) is 3.71. The highest BCUT2D eigenvalue weighted by Crippen LogP contribution is 2.47. The Kier molecular flexibility index (Phi) is 3.51. The predicted molar refractivity (Wildman–Crippen MR) is 82.4 cm³/mol. The van der Waals surface area contributed by atoms with E-state index in [4.69, 9.17) is 0 Å². The highest BCUT2D eigenvalue weighted by Gasteiger charge is 2.37. The van der Waals surface area contributed by atoms with Gasteiger partial charge in [0, 0.05) is 11.6 Å². The molecule has 106 valence electrons. The Morgan fingerprint density at radius 1 is 1.20 bits per heavy atom. The van der Waals surface area contributed by atoms with Crippen LogP contribution < -0.4 is 0 Å². The van der Waals surface area contributed by atoms with Crippen LogP contribution in [0.3, 0.4) is 0 Å².